The second-order valence-corrected chi connectivity index (χ2v) is 7.40. The summed E-state index contributed by atoms with van der Waals surface area (Å²) in [6.07, 6.45) is 6.47. The fraction of sp³-hybridized carbons (Fsp3) is 0.733. The molecule has 2 fully saturated rings. The first-order chi connectivity index (χ1) is 9.60. The van der Waals surface area contributed by atoms with Crippen LogP contribution in [0.25, 0.3) is 0 Å². The lowest BCUT2D eigenvalue weighted by Gasteiger charge is -2.30. The van der Waals surface area contributed by atoms with Gasteiger partial charge in [0.15, 0.2) is 0 Å². The molecule has 1 heterocycles. The molecular formula is C15H23N3OS. The predicted octanol–water partition coefficient (Wildman–Crippen LogP) is 2.04. The molecule has 2 saturated carbocycles. The van der Waals surface area contributed by atoms with E-state index in [1.807, 2.05) is 18.1 Å². The van der Waals surface area contributed by atoms with Crippen molar-refractivity contribution in [3.05, 3.63) is 16.1 Å². The first-order valence-corrected chi connectivity index (χ1v) is 8.36. The first kappa shape index (κ1) is 14.0. The van der Waals surface area contributed by atoms with Crippen LogP contribution in [0, 0.1) is 17.8 Å². The molecule has 4 unspecified atom stereocenters. The molecule has 4 nitrogen and oxygen atoms in total. The van der Waals surface area contributed by atoms with Crippen LogP contribution < -0.4 is 5.73 Å². The van der Waals surface area contributed by atoms with Gasteiger partial charge in [-0.05, 0) is 37.5 Å². The number of hydrogen-bond donors (Lipinski definition) is 1. The number of rotatable bonds is 4. The van der Waals surface area contributed by atoms with Gasteiger partial charge in [-0.1, -0.05) is 6.92 Å². The zero-order valence-electron chi connectivity index (χ0n) is 12.2. The minimum absolute atomic E-state index is 0.0457. The lowest BCUT2D eigenvalue weighted by Crippen LogP contribution is -2.45. The second-order valence-electron chi connectivity index (χ2n) is 6.20. The number of thiazole rings is 1. The fourth-order valence-electron chi connectivity index (χ4n) is 3.82. The van der Waals surface area contributed by atoms with Crippen LogP contribution in [0.1, 0.15) is 36.1 Å². The maximum Gasteiger partial charge on any atom is 0.227 e. The van der Waals surface area contributed by atoms with E-state index in [0.29, 0.717) is 18.4 Å². The summed E-state index contributed by atoms with van der Waals surface area (Å²) in [5.41, 5.74) is 6.26. The number of aryl methyl sites for hydroxylation is 1. The normalized spacial score (nSPS) is 31.8. The van der Waals surface area contributed by atoms with Crippen molar-refractivity contribution >= 4 is 17.2 Å². The van der Waals surface area contributed by atoms with Gasteiger partial charge in [0.1, 0.15) is 5.01 Å². The average molecular weight is 293 g/mol. The van der Waals surface area contributed by atoms with Crippen LogP contribution in [0.15, 0.2) is 6.20 Å². The molecule has 2 bridgehead atoms. The lowest BCUT2D eigenvalue weighted by atomic mass is 9.84. The first-order valence-electron chi connectivity index (χ1n) is 7.54. The molecule has 0 aliphatic heterocycles. The Morgan fingerprint density at radius 1 is 1.50 bits per heavy atom. The van der Waals surface area contributed by atoms with Gasteiger partial charge in [0.05, 0.1) is 12.5 Å². The molecule has 0 aromatic carbocycles. The van der Waals surface area contributed by atoms with E-state index < -0.39 is 0 Å². The fourth-order valence-corrected chi connectivity index (χ4v) is 4.74. The van der Waals surface area contributed by atoms with Crippen LogP contribution >= 0.6 is 11.3 Å². The van der Waals surface area contributed by atoms with Crippen molar-refractivity contribution in [1.29, 1.82) is 0 Å². The van der Waals surface area contributed by atoms with Crippen LogP contribution in [0.2, 0.25) is 0 Å². The number of amides is 1. The van der Waals surface area contributed by atoms with Crippen LogP contribution in [0.5, 0.6) is 0 Å². The number of carbonyl (C=O) groups is 1. The Labute approximate surface area is 124 Å². The Kier molecular flexibility index (Phi) is 3.82. The average Bonchev–Trinajstić information content (AvgIpc) is 3.13. The lowest BCUT2D eigenvalue weighted by molar-refractivity contribution is -0.137. The van der Waals surface area contributed by atoms with Gasteiger partial charge < -0.3 is 10.6 Å². The van der Waals surface area contributed by atoms with E-state index in [9.17, 15) is 4.79 Å². The summed E-state index contributed by atoms with van der Waals surface area (Å²) >= 11 is 1.70. The van der Waals surface area contributed by atoms with E-state index in [1.54, 1.807) is 11.3 Å². The Balaban J connectivity index is 1.65. The smallest absolute Gasteiger partial charge is 0.227 e. The maximum atomic E-state index is 12.6. The third kappa shape index (κ3) is 2.37. The van der Waals surface area contributed by atoms with Crippen LogP contribution in [-0.4, -0.2) is 28.9 Å². The third-order valence-electron chi connectivity index (χ3n) is 4.96. The minimum Gasteiger partial charge on any atom is -0.339 e. The van der Waals surface area contributed by atoms with E-state index in [2.05, 4.69) is 11.9 Å². The topological polar surface area (TPSA) is 59.2 Å². The summed E-state index contributed by atoms with van der Waals surface area (Å²) in [5.74, 6) is 1.36. The molecule has 5 heteroatoms. The second kappa shape index (κ2) is 5.45. The molecular weight excluding hydrogens is 270 g/mol. The van der Waals surface area contributed by atoms with Crippen molar-refractivity contribution in [2.24, 2.45) is 23.5 Å². The monoisotopic (exact) mass is 293 g/mol. The van der Waals surface area contributed by atoms with E-state index in [4.69, 9.17) is 5.73 Å². The highest BCUT2D eigenvalue weighted by molar-refractivity contribution is 7.11. The Morgan fingerprint density at radius 3 is 2.85 bits per heavy atom. The van der Waals surface area contributed by atoms with Crippen LogP contribution in [-0.2, 0) is 17.8 Å². The molecule has 110 valence electrons. The summed E-state index contributed by atoms with van der Waals surface area (Å²) in [5, 5.41) is 1.02. The third-order valence-corrected chi connectivity index (χ3v) is 6.09. The van der Waals surface area contributed by atoms with Crippen molar-refractivity contribution in [1.82, 2.24) is 9.88 Å². The summed E-state index contributed by atoms with van der Waals surface area (Å²) in [6.45, 7) is 2.74. The van der Waals surface area contributed by atoms with E-state index >= 15 is 0 Å². The van der Waals surface area contributed by atoms with E-state index in [0.717, 1.165) is 17.8 Å². The zero-order chi connectivity index (χ0) is 14.3. The highest BCUT2D eigenvalue weighted by atomic mass is 32.1. The number of nitrogens with zero attached hydrogens (tertiary/aromatic N) is 2. The largest absolute Gasteiger partial charge is 0.339 e. The van der Waals surface area contributed by atoms with Gasteiger partial charge in [-0.15, -0.1) is 11.3 Å². The molecule has 0 saturated heterocycles. The van der Waals surface area contributed by atoms with Crippen LogP contribution in [0.4, 0.5) is 0 Å². The number of nitrogens with two attached hydrogens (primary N) is 1. The molecule has 4 atom stereocenters. The molecule has 3 rings (SSSR count). The maximum absolute atomic E-state index is 12.6. The molecule has 0 spiro atoms. The standard InChI is InChI=1S/C15H23N3OS/c1-3-11-7-17-12(20-11)8-18(2)15(19)13-9-4-5-10(6-9)14(13)16/h7,9-10,13-14H,3-6,8,16H2,1-2H3. The number of fused-ring (bicyclic) bond motifs is 2. The van der Waals surface area contributed by atoms with Gasteiger partial charge >= 0.3 is 0 Å². The Morgan fingerprint density at radius 2 is 2.25 bits per heavy atom. The SMILES string of the molecule is CCc1cnc(CN(C)C(=O)C2C3CCC(C3)C2N)s1. The highest BCUT2D eigenvalue weighted by Crippen LogP contribution is 2.48. The molecule has 1 amide bonds. The van der Waals surface area contributed by atoms with Gasteiger partial charge in [0, 0.05) is 24.2 Å². The summed E-state index contributed by atoms with van der Waals surface area (Å²) < 4.78 is 0. The molecule has 2 aliphatic rings. The van der Waals surface area contributed by atoms with Gasteiger partial charge in [-0.3, -0.25) is 4.79 Å². The Hall–Kier alpha value is -0.940. The van der Waals surface area contributed by atoms with Crippen molar-refractivity contribution in [2.45, 2.75) is 45.2 Å². The molecule has 2 aliphatic carbocycles. The van der Waals surface area contributed by atoms with Gasteiger partial charge in [0.25, 0.3) is 0 Å². The summed E-state index contributed by atoms with van der Waals surface area (Å²) in [7, 11) is 1.88. The quantitative estimate of drug-likeness (QED) is 0.924. The van der Waals surface area contributed by atoms with Crippen molar-refractivity contribution in [3.63, 3.8) is 0 Å². The molecule has 0 radical (unpaired) electrons. The Bertz CT molecular complexity index is 499. The number of hydrogen-bond acceptors (Lipinski definition) is 4. The molecule has 2 N–H and O–H groups in total. The number of carbonyl (C=O) groups excluding carboxylic acids is 1. The van der Waals surface area contributed by atoms with Gasteiger partial charge in [-0.2, -0.15) is 0 Å². The molecule has 20 heavy (non-hydrogen) atoms. The number of aromatic nitrogens is 1. The predicted molar refractivity (Wildman–Crippen MR) is 80.3 cm³/mol. The van der Waals surface area contributed by atoms with Crippen LogP contribution in [0.3, 0.4) is 0 Å². The zero-order valence-corrected chi connectivity index (χ0v) is 13.0. The molecule has 1 aromatic heterocycles. The summed E-state index contributed by atoms with van der Waals surface area (Å²) in [6, 6.07) is 0.0752. The molecule has 1 aromatic rings. The van der Waals surface area contributed by atoms with Crippen molar-refractivity contribution in [2.75, 3.05) is 7.05 Å². The minimum atomic E-state index is 0.0457. The highest BCUT2D eigenvalue weighted by Gasteiger charge is 2.49. The summed E-state index contributed by atoms with van der Waals surface area (Å²) in [4.78, 5) is 20.1. The van der Waals surface area contributed by atoms with Crippen molar-refractivity contribution in [3.8, 4) is 0 Å². The van der Waals surface area contributed by atoms with Gasteiger partial charge in [0.2, 0.25) is 5.91 Å². The van der Waals surface area contributed by atoms with E-state index in [1.165, 1.54) is 17.7 Å². The van der Waals surface area contributed by atoms with Crippen molar-refractivity contribution < 1.29 is 4.79 Å². The van der Waals surface area contributed by atoms with E-state index in [-0.39, 0.29) is 17.9 Å². The van der Waals surface area contributed by atoms with Gasteiger partial charge in [-0.25, -0.2) is 4.98 Å².